The predicted octanol–water partition coefficient (Wildman–Crippen LogP) is 8.06. The molecule has 0 N–H and O–H groups in total. The second-order valence-corrected chi connectivity index (χ2v) is 8.78. The van der Waals surface area contributed by atoms with Crippen LogP contribution in [-0.2, 0) is 6.54 Å². The van der Waals surface area contributed by atoms with E-state index in [4.69, 9.17) is 4.98 Å². The quantitative estimate of drug-likeness (QED) is 0.299. The van der Waals surface area contributed by atoms with E-state index in [0.29, 0.717) is 10.0 Å². The number of aromatic nitrogens is 2. The van der Waals surface area contributed by atoms with Crippen LogP contribution in [0.1, 0.15) is 30.5 Å². The van der Waals surface area contributed by atoms with Gasteiger partial charge in [0.25, 0.3) is 0 Å². The van der Waals surface area contributed by atoms with Crippen molar-refractivity contribution in [2.24, 2.45) is 0 Å². The molecule has 4 aromatic rings. The second kappa shape index (κ2) is 8.19. The molecule has 1 aromatic heterocycles. The molecule has 0 bridgehead atoms. The van der Waals surface area contributed by atoms with Crippen LogP contribution in [0.5, 0.6) is 0 Å². The molecule has 0 saturated heterocycles. The molecule has 0 aliphatic rings. The lowest BCUT2D eigenvalue weighted by Gasteiger charge is -2.14. The normalized spacial score (nSPS) is 12.3. The van der Waals surface area contributed by atoms with Crippen molar-refractivity contribution in [1.82, 2.24) is 9.55 Å². The standard InChI is InChI=1S/C26H24BrFN2/c1-5-30-24-13-11-19(25(28)18(4)27)15-23(24)29-26(30)22-9-7-6-8-21(22)20-12-10-16(2)14-17(20)3/h6-15H,5H2,1-4H3/b25-18+. The van der Waals surface area contributed by atoms with Gasteiger partial charge in [0.05, 0.1) is 11.0 Å². The van der Waals surface area contributed by atoms with E-state index in [9.17, 15) is 4.39 Å². The van der Waals surface area contributed by atoms with E-state index in [0.717, 1.165) is 34.5 Å². The fraction of sp³-hybridized carbons (Fsp3) is 0.192. The highest BCUT2D eigenvalue weighted by molar-refractivity contribution is 9.11. The number of nitrogens with zero attached hydrogens (tertiary/aromatic N) is 2. The van der Waals surface area contributed by atoms with Crippen LogP contribution >= 0.6 is 15.9 Å². The van der Waals surface area contributed by atoms with Gasteiger partial charge in [-0.25, -0.2) is 9.37 Å². The zero-order valence-electron chi connectivity index (χ0n) is 17.6. The minimum atomic E-state index is -0.264. The van der Waals surface area contributed by atoms with Crippen LogP contribution in [0.25, 0.3) is 39.4 Å². The van der Waals surface area contributed by atoms with Gasteiger partial charge in [0, 0.05) is 22.2 Å². The van der Waals surface area contributed by atoms with Gasteiger partial charge in [-0.05, 0) is 62.6 Å². The molecule has 2 nitrogen and oxygen atoms in total. The summed E-state index contributed by atoms with van der Waals surface area (Å²) in [6.07, 6.45) is 0. The van der Waals surface area contributed by atoms with Crippen molar-refractivity contribution in [3.05, 3.63) is 81.8 Å². The molecule has 3 aromatic carbocycles. The number of imidazole rings is 1. The Bertz CT molecular complexity index is 1280. The number of hydrogen-bond acceptors (Lipinski definition) is 1. The summed E-state index contributed by atoms with van der Waals surface area (Å²) in [4.78, 5) is 4.95. The molecule has 0 aliphatic carbocycles. The Morgan fingerprint density at radius 2 is 1.70 bits per heavy atom. The molecule has 0 amide bonds. The Balaban J connectivity index is 1.95. The van der Waals surface area contributed by atoms with Crippen LogP contribution in [0.4, 0.5) is 4.39 Å². The van der Waals surface area contributed by atoms with Gasteiger partial charge < -0.3 is 4.57 Å². The summed E-state index contributed by atoms with van der Waals surface area (Å²) < 4.78 is 17.1. The van der Waals surface area contributed by atoms with Crippen molar-refractivity contribution < 1.29 is 4.39 Å². The summed E-state index contributed by atoms with van der Waals surface area (Å²) in [6.45, 7) is 8.85. The van der Waals surface area contributed by atoms with Gasteiger partial charge in [-0.15, -0.1) is 0 Å². The fourth-order valence-corrected chi connectivity index (χ4v) is 4.25. The van der Waals surface area contributed by atoms with Crippen molar-refractivity contribution in [2.45, 2.75) is 34.2 Å². The number of benzene rings is 3. The first-order valence-corrected chi connectivity index (χ1v) is 10.9. The lowest BCUT2D eigenvalue weighted by atomic mass is 9.94. The maximum atomic E-state index is 14.5. The largest absolute Gasteiger partial charge is 0.324 e. The van der Waals surface area contributed by atoms with Gasteiger partial charge in [0.1, 0.15) is 11.7 Å². The van der Waals surface area contributed by atoms with E-state index in [1.165, 1.54) is 16.7 Å². The van der Waals surface area contributed by atoms with E-state index in [1.54, 1.807) is 6.92 Å². The molecular formula is C26H24BrFN2. The Labute approximate surface area is 185 Å². The molecule has 4 rings (SSSR count). The van der Waals surface area contributed by atoms with Crippen LogP contribution in [0.15, 0.2) is 65.1 Å². The Morgan fingerprint density at radius 3 is 2.37 bits per heavy atom. The summed E-state index contributed by atoms with van der Waals surface area (Å²) in [6, 6.07) is 20.5. The summed E-state index contributed by atoms with van der Waals surface area (Å²) in [5.41, 5.74) is 8.26. The first-order valence-electron chi connectivity index (χ1n) is 10.1. The number of fused-ring (bicyclic) bond motifs is 1. The average molecular weight is 463 g/mol. The van der Waals surface area contributed by atoms with E-state index >= 15 is 0 Å². The lowest BCUT2D eigenvalue weighted by molar-refractivity contribution is 0.757. The molecule has 0 atom stereocenters. The van der Waals surface area contributed by atoms with Crippen molar-refractivity contribution in [3.63, 3.8) is 0 Å². The van der Waals surface area contributed by atoms with E-state index < -0.39 is 0 Å². The highest BCUT2D eigenvalue weighted by Crippen LogP contribution is 2.36. The zero-order valence-corrected chi connectivity index (χ0v) is 19.2. The van der Waals surface area contributed by atoms with E-state index in [-0.39, 0.29) is 5.83 Å². The summed E-state index contributed by atoms with van der Waals surface area (Å²) in [7, 11) is 0. The van der Waals surface area contributed by atoms with Crippen molar-refractivity contribution in [2.75, 3.05) is 0 Å². The van der Waals surface area contributed by atoms with Crippen LogP contribution in [0.2, 0.25) is 0 Å². The molecule has 4 heteroatoms. The van der Waals surface area contributed by atoms with Crippen LogP contribution in [0, 0.1) is 13.8 Å². The van der Waals surface area contributed by atoms with Crippen LogP contribution in [-0.4, -0.2) is 9.55 Å². The third kappa shape index (κ3) is 3.61. The van der Waals surface area contributed by atoms with Gasteiger partial charge >= 0.3 is 0 Å². The average Bonchev–Trinajstić information content (AvgIpc) is 3.10. The second-order valence-electron chi connectivity index (χ2n) is 7.59. The maximum Gasteiger partial charge on any atom is 0.141 e. The summed E-state index contributed by atoms with van der Waals surface area (Å²) in [5.74, 6) is 0.639. The Hall–Kier alpha value is -2.72. The van der Waals surface area contributed by atoms with Crippen molar-refractivity contribution in [1.29, 1.82) is 0 Å². The number of allylic oxidation sites excluding steroid dienone is 1. The number of aryl methyl sites for hydroxylation is 3. The monoisotopic (exact) mass is 462 g/mol. The molecule has 0 unspecified atom stereocenters. The molecule has 1 heterocycles. The third-order valence-electron chi connectivity index (χ3n) is 5.46. The topological polar surface area (TPSA) is 17.8 Å². The molecule has 30 heavy (non-hydrogen) atoms. The van der Waals surface area contributed by atoms with Crippen LogP contribution < -0.4 is 0 Å². The zero-order chi connectivity index (χ0) is 21.4. The Kier molecular flexibility index (Phi) is 5.61. The van der Waals surface area contributed by atoms with Gasteiger partial charge in [0.15, 0.2) is 0 Å². The molecule has 0 fully saturated rings. The first-order chi connectivity index (χ1) is 14.4. The van der Waals surface area contributed by atoms with Crippen molar-refractivity contribution >= 4 is 32.8 Å². The van der Waals surface area contributed by atoms with Gasteiger partial charge in [-0.3, -0.25) is 0 Å². The predicted molar refractivity (Wildman–Crippen MR) is 128 cm³/mol. The molecule has 0 spiro atoms. The van der Waals surface area contributed by atoms with Gasteiger partial charge in [-0.1, -0.05) is 64.0 Å². The van der Waals surface area contributed by atoms with Gasteiger partial charge in [0.2, 0.25) is 0 Å². The number of halogens is 2. The molecular weight excluding hydrogens is 439 g/mol. The summed E-state index contributed by atoms with van der Waals surface area (Å²) >= 11 is 3.24. The minimum Gasteiger partial charge on any atom is -0.324 e. The molecule has 0 aliphatic heterocycles. The minimum absolute atomic E-state index is 0.264. The molecule has 0 saturated carbocycles. The highest BCUT2D eigenvalue weighted by Gasteiger charge is 2.17. The summed E-state index contributed by atoms with van der Waals surface area (Å²) in [5, 5.41) is 0. The van der Waals surface area contributed by atoms with E-state index in [1.807, 2.05) is 24.3 Å². The number of hydrogen-bond donors (Lipinski definition) is 0. The van der Waals surface area contributed by atoms with Crippen molar-refractivity contribution in [3.8, 4) is 22.5 Å². The first kappa shape index (κ1) is 20.5. The number of rotatable bonds is 4. The smallest absolute Gasteiger partial charge is 0.141 e. The molecule has 0 radical (unpaired) electrons. The van der Waals surface area contributed by atoms with Crippen LogP contribution in [0.3, 0.4) is 0 Å². The van der Waals surface area contributed by atoms with E-state index in [2.05, 4.69) is 77.7 Å². The fourth-order valence-electron chi connectivity index (χ4n) is 4.02. The third-order valence-corrected chi connectivity index (χ3v) is 5.81. The lowest BCUT2D eigenvalue weighted by Crippen LogP contribution is -1.99. The van der Waals surface area contributed by atoms with Gasteiger partial charge in [-0.2, -0.15) is 0 Å². The SMILES string of the molecule is CCn1c(-c2ccccc2-c2ccc(C)cc2C)nc2cc(/C(F)=C(/C)Br)ccc21. The highest BCUT2D eigenvalue weighted by atomic mass is 79.9. The Morgan fingerprint density at radius 1 is 0.967 bits per heavy atom. The molecule has 152 valence electrons. The maximum absolute atomic E-state index is 14.5.